The van der Waals surface area contributed by atoms with E-state index in [1.165, 1.54) is 32.1 Å². The summed E-state index contributed by atoms with van der Waals surface area (Å²) in [7, 11) is 0. The molecule has 2 heteroatoms. The van der Waals surface area contributed by atoms with Crippen molar-refractivity contribution in [2.24, 2.45) is 23.7 Å². The van der Waals surface area contributed by atoms with Gasteiger partial charge in [-0.1, -0.05) is 6.07 Å². The average molecular weight is 229 g/mol. The summed E-state index contributed by atoms with van der Waals surface area (Å²) in [6, 6.07) is 5.95. The van der Waals surface area contributed by atoms with Crippen molar-refractivity contribution in [3.05, 3.63) is 30.1 Å². The lowest BCUT2D eigenvalue weighted by Crippen LogP contribution is -2.55. The molecule has 0 aliphatic heterocycles. The zero-order chi connectivity index (χ0) is 11.5. The third kappa shape index (κ3) is 1.28. The monoisotopic (exact) mass is 229 g/mol. The normalized spacial score (nSPS) is 47.4. The summed E-state index contributed by atoms with van der Waals surface area (Å²) in [5, 5.41) is 11.2. The SMILES string of the molecule is OC1(c2ccccn2)C2CC3CC(C2)CC1C3. The fraction of sp³-hybridized carbons (Fsp3) is 0.667. The van der Waals surface area contributed by atoms with E-state index >= 15 is 0 Å². The lowest BCUT2D eigenvalue weighted by molar-refractivity contribution is -0.181. The van der Waals surface area contributed by atoms with Crippen molar-refractivity contribution in [3.8, 4) is 0 Å². The second-order valence-electron chi connectivity index (χ2n) is 6.34. The molecule has 0 spiro atoms. The molecular weight excluding hydrogens is 210 g/mol. The van der Waals surface area contributed by atoms with Gasteiger partial charge in [0.1, 0.15) is 5.60 Å². The smallest absolute Gasteiger partial charge is 0.112 e. The molecule has 0 aromatic carbocycles. The molecule has 4 saturated carbocycles. The van der Waals surface area contributed by atoms with Gasteiger partial charge in [-0.3, -0.25) is 4.98 Å². The van der Waals surface area contributed by atoms with Gasteiger partial charge in [-0.05, 0) is 67.9 Å². The van der Waals surface area contributed by atoms with Crippen molar-refractivity contribution < 1.29 is 5.11 Å². The Balaban J connectivity index is 1.78. The molecule has 0 saturated heterocycles. The van der Waals surface area contributed by atoms with Crippen LogP contribution in [0.25, 0.3) is 0 Å². The maximum absolute atomic E-state index is 11.2. The molecular formula is C15H19NO. The number of rotatable bonds is 1. The summed E-state index contributed by atoms with van der Waals surface area (Å²) >= 11 is 0. The van der Waals surface area contributed by atoms with E-state index in [1.54, 1.807) is 0 Å². The Morgan fingerprint density at radius 1 is 1.00 bits per heavy atom. The highest BCUT2D eigenvalue weighted by Crippen LogP contribution is 2.61. The Kier molecular flexibility index (Phi) is 1.97. The second-order valence-corrected chi connectivity index (χ2v) is 6.34. The van der Waals surface area contributed by atoms with Crippen LogP contribution in [0.2, 0.25) is 0 Å². The molecule has 1 heterocycles. The van der Waals surface area contributed by atoms with Crippen LogP contribution in [0.1, 0.15) is 37.8 Å². The first-order valence-corrected chi connectivity index (χ1v) is 6.90. The van der Waals surface area contributed by atoms with E-state index in [9.17, 15) is 5.11 Å². The molecule has 4 bridgehead atoms. The molecule has 1 aromatic rings. The largest absolute Gasteiger partial charge is 0.383 e. The molecule has 2 nitrogen and oxygen atoms in total. The Morgan fingerprint density at radius 3 is 2.18 bits per heavy atom. The van der Waals surface area contributed by atoms with Gasteiger partial charge >= 0.3 is 0 Å². The molecule has 1 N–H and O–H groups in total. The number of aliphatic hydroxyl groups is 1. The first-order chi connectivity index (χ1) is 8.27. The molecule has 0 atom stereocenters. The fourth-order valence-electron chi connectivity index (χ4n) is 4.92. The minimum Gasteiger partial charge on any atom is -0.383 e. The number of hydrogen-bond acceptors (Lipinski definition) is 2. The third-order valence-corrected chi connectivity index (χ3v) is 5.46. The molecule has 90 valence electrons. The Bertz CT molecular complexity index is 400. The molecule has 5 rings (SSSR count). The lowest BCUT2D eigenvalue weighted by atomic mass is 9.49. The van der Waals surface area contributed by atoms with Crippen molar-refractivity contribution >= 4 is 0 Å². The fourth-order valence-corrected chi connectivity index (χ4v) is 4.92. The van der Waals surface area contributed by atoms with Crippen LogP contribution in [0.15, 0.2) is 24.4 Å². The highest BCUT2D eigenvalue weighted by Gasteiger charge is 2.57. The van der Waals surface area contributed by atoms with Gasteiger partial charge in [-0.15, -0.1) is 0 Å². The number of aromatic nitrogens is 1. The minimum absolute atomic E-state index is 0.466. The van der Waals surface area contributed by atoms with Gasteiger partial charge in [0.25, 0.3) is 0 Å². The van der Waals surface area contributed by atoms with E-state index in [2.05, 4.69) is 4.98 Å². The topological polar surface area (TPSA) is 33.1 Å². The number of nitrogens with zero attached hydrogens (tertiary/aromatic N) is 1. The van der Waals surface area contributed by atoms with E-state index in [-0.39, 0.29) is 0 Å². The van der Waals surface area contributed by atoms with Gasteiger partial charge in [-0.25, -0.2) is 0 Å². The van der Waals surface area contributed by atoms with Crippen LogP contribution >= 0.6 is 0 Å². The zero-order valence-electron chi connectivity index (χ0n) is 10.0. The summed E-state index contributed by atoms with van der Waals surface area (Å²) in [6.07, 6.45) is 8.13. The van der Waals surface area contributed by atoms with E-state index < -0.39 is 5.60 Å². The standard InChI is InChI=1S/C15H19NO/c17-15(14-3-1-2-4-16-14)12-6-10-5-11(8-12)9-13(15)7-10/h1-4,10-13,17H,5-9H2. The highest BCUT2D eigenvalue weighted by atomic mass is 16.3. The summed E-state index contributed by atoms with van der Waals surface area (Å²) in [5.41, 5.74) is 0.308. The van der Waals surface area contributed by atoms with Gasteiger partial charge in [-0.2, -0.15) is 0 Å². The van der Waals surface area contributed by atoms with Crippen LogP contribution in [0.3, 0.4) is 0 Å². The third-order valence-electron chi connectivity index (χ3n) is 5.46. The highest BCUT2D eigenvalue weighted by molar-refractivity contribution is 5.21. The maximum Gasteiger partial charge on any atom is 0.112 e. The van der Waals surface area contributed by atoms with Crippen molar-refractivity contribution in [1.29, 1.82) is 0 Å². The molecule has 17 heavy (non-hydrogen) atoms. The number of pyridine rings is 1. The average Bonchev–Trinajstić information content (AvgIpc) is 2.36. The molecule has 0 radical (unpaired) electrons. The maximum atomic E-state index is 11.2. The Hall–Kier alpha value is -0.890. The van der Waals surface area contributed by atoms with Crippen molar-refractivity contribution in [2.75, 3.05) is 0 Å². The van der Waals surface area contributed by atoms with E-state index in [0.29, 0.717) is 11.8 Å². The van der Waals surface area contributed by atoms with Crippen molar-refractivity contribution in [1.82, 2.24) is 4.98 Å². The van der Waals surface area contributed by atoms with Crippen LogP contribution in [-0.2, 0) is 5.60 Å². The van der Waals surface area contributed by atoms with Crippen LogP contribution in [-0.4, -0.2) is 10.1 Å². The molecule has 4 aliphatic carbocycles. The second kappa shape index (κ2) is 3.32. The quantitative estimate of drug-likeness (QED) is 0.803. The van der Waals surface area contributed by atoms with Crippen LogP contribution in [0.5, 0.6) is 0 Å². The van der Waals surface area contributed by atoms with E-state index in [0.717, 1.165) is 17.5 Å². The molecule has 4 fully saturated rings. The number of hydrogen-bond donors (Lipinski definition) is 1. The first-order valence-electron chi connectivity index (χ1n) is 6.90. The summed E-state index contributed by atoms with van der Waals surface area (Å²) in [5.74, 6) is 2.71. The predicted molar refractivity (Wildman–Crippen MR) is 65.2 cm³/mol. The Morgan fingerprint density at radius 2 is 1.65 bits per heavy atom. The summed E-state index contributed by atoms with van der Waals surface area (Å²) in [6.45, 7) is 0. The Labute approximate surface area is 102 Å². The van der Waals surface area contributed by atoms with Gasteiger partial charge in [0, 0.05) is 6.20 Å². The molecule has 4 aliphatic rings. The molecule has 0 amide bonds. The summed E-state index contributed by atoms with van der Waals surface area (Å²) in [4.78, 5) is 4.45. The van der Waals surface area contributed by atoms with E-state index in [4.69, 9.17) is 0 Å². The van der Waals surface area contributed by atoms with Gasteiger partial charge in [0.2, 0.25) is 0 Å². The predicted octanol–water partition coefficient (Wildman–Crippen LogP) is 2.73. The van der Waals surface area contributed by atoms with Crippen LogP contribution in [0, 0.1) is 23.7 Å². The van der Waals surface area contributed by atoms with Gasteiger partial charge in [0.05, 0.1) is 5.69 Å². The van der Waals surface area contributed by atoms with Crippen molar-refractivity contribution in [3.63, 3.8) is 0 Å². The lowest BCUT2D eigenvalue weighted by Gasteiger charge is -2.58. The van der Waals surface area contributed by atoms with Crippen LogP contribution in [0.4, 0.5) is 0 Å². The van der Waals surface area contributed by atoms with Gasteiger partial charge < -0.3 is 5.11 Å². The first kappa shape index (κ1) is 10.1. The van der Waals surface area contributed by atoms with Crippen molar-refractivity contribution in [2.45, 2.75) is 37.7 Å². The molecule has 0 unspecified atom stereocenters. The molecule has 1 aromatic heterocycles. The zero-order valence-corrected chi connectivity index (χ0v) is 10.0. The minimum atomic E-state index is -0.616. The van der Waals surface area contributed by atoms with E-state index in [1.807, 2.05) is 24.4 Å². The van der Waals surface area contributed by atoms with Crippen LogP contribution < -0.4 is 0 Å². The van der Waals surface area contributed by atoms with Gasteiger partial charge in [0.15, 0.2) is 0 Å². The summed E-state index contributed by atoms with van der Waals surface area (Å²) < 4.78 is 0.